The standard InChI is InChI=1S/C21H31N3O2/c1-16-7-5-8-17(15-16)22-11-13-23(14-12-22)19(25)18-9-6-10-24(18)20(26)21(2,3)4/h5,7-8,15,18H,6,9-14H2,1-4H3. The normalized spacial score (nSPS) is 21.2. The van der Waals surface area contributed by atoms with Crippen molar-refractivity contribution < 1.29 is 9.59 Å². The van der Waals surface area contributed by atoms with E-state index in [4.69, 9.17) is 0 Å². The lowest BCUT2D eigenvalue weighted by atomic mass is 9.94. The molecule has 5 nitrogen and oxygen atoms in total. The molecule has 2 aliphatic heterocycles. The highest BCUT2D eigenvalue weighted by Crippen LogP contribution is 2.27. The van der Waals surface area contributed by atoms with Crippen molar-refractivity contribution in [2.75, 3.05) is 37.6 Å². The molecule has 1 atom stereocenters. The fraction of sp³-hybridized carbons (Fsp3) is 0.619. The quantitative estimate of drug-likeness (QED) is 0.817. The van der Waals surface area contributed by atoms with Gasteiger partial charge in [-0.25, -0.2) is 0 Å². The van der Waals surface area contributed by atoms with Crippen molar-refractivity contribution in [3.63, 3.8) is 0 Å². The van der Waals surface area contributed by atoms with Crippen LogP contribution in [0.1, 0.15) is 39.2 Å². The van der Waals surface area contributed by atoms with Gasteiger partial charge in [0.25, 0.3) is 0 Å². The maximum Gasteiger partial charge on any atom is 0.245 e. The van der Waals surface area contributed by atoms with Crippen molar-refractivity contribution in [3.05, 3.63) is 29.8 Å². The zero-order valence-electron chi connectivity index (χ0n) is 16.5. The van der Waals surface area contributed by atoms with Gasteiger partial charge in [0.1, 0.15) is 6.04 Å². The van der Waals surface area contributed by atoms with E-state index < -0.39 is 5.41 Å². The molecular weight excluding hydrogens is 326 g/mol. The van der Waals surface area contributed by atoms with Gasteiger partial charge in [0.05, 0.1) is 0 Å². The summed E-state index contributed by atoms with van der Waals surface area (Å²) in [6, 6.07) is 8.23. The van der Waals surface area contributed by atoms with E-state index in [1.807, 2.05) is 30.6 Å². The summed E-state index contributed by atoms with van der Waals surface area (Å²) < 4.78 is 0. The molecule has 1 unspecified atom stereocenters. The molecule has 1 aromatic carbocycles. The van der Waals surface area contributed by atoms with Gasteiger partial charge in [-0.05, 0) is 37.5 Å². The molecule has 5 heteroatoms. The number of carbonyl (C=O) groups excluding carboxylic acids is 2. The predicted octanol–water partition coefficient (Wildman–Crippen LogP) is 2.68. The lowest BCUT2D eigenvalue weighted by Crippen LogP contribution is -2.55. The first kappa shape index (κ1) is 18.7. The Balaban J connectivity index is 1.62. The summed E-state index contributed by atoms with van der Waals surface area (Å²) in [6.45, 7) is 11.7. The van der Waals surface area contributed by atoms with Crippen LogP contribution in [0.5, 0.6) is 0 Å². The Morgan fingerprint density at radius 3 is 2.35 bits per heavy atom. The zero-order chi connectivity index (χ0) is 18.9. The molecule has 0 bridgehead atoms. The van der Waals surface area contributed by atoms with Crippen LogP contribution in [0.2, 0.25) is 0 Å². The van der Waals surface area contributed by atoms with Gasteiger partial charge >= 0.3 is 0 Å². The van der Waals surface area contributed by atoms with Gasteiger partial charge in [-0.3, -0.25) is 9.59 Å². The molecule has 2 aliphatic rings. The van der Waals surface area contributed by atoms with Crippen LogP contribution in [0, 0.1) is 12.3 Å². The summed E-state index contributed by atoms with van der Waals surface area (Å²) in [5.41, 5.74) is 2.04. The molecule has 0 radical (unpaired) electrons. The van der Waals surface area contributed by atoms with Gasteiger partial charge in [0, 0.05) is 43.8 Å². The van der Waals surface area contributed by atoms with Gasteiger partial charge in [0.15, 0.2) is 0 Å². The lowest BCUT2D eigenvalue weighted by molar-refractivity contribution is -0.148. The van der Waals surface area contributed by atoms with Crippen molar-refractivity contribution in [3.8, 4) is 0 Å². The molecule has 2 heterocycles. The number of benzene rings is 1. The van der Waals surface area contributed by atoms with Crippen LogP contribution in [-0.2, 0) is 9.59 Å². The van der Waals surface area contributed by atoms with E-state index in [1.165, 1.54) is 11.3 Å². The monoisotopic (exact) mass is 357 g/mol. The fourth-order valence-electron chi connectivity index (χ4n) is 3.92. The number of carbonyl (C=O) groups is 2. The van der Waals surface area contributed by atoms with Gasteiger partial charge in [0.2, 0.25) is 11.8 Å². The Hall–Kier alpha value is -2.04. The second-order valence-electron chi connectivity index (χ2n) is 8.56. The number of aryl methyl sites for hydroxylation is 1. The minimum atomic E-state index is -0.438. The third-order valence-corrected chi connectivity index (χ3v) is 5.40. The molecule has 142 valence electrons. The van der Waals surface area contributed by atoms with Crippen molar-refractivity contribution in [2.45, 2.75) is 46.6 Å². The highest BCUT2D eigenvalue weighted by Gasteiger charge is 2.40. The maximum atomic E-state index is 13.1. The van der Waals surface area contributed by atoms with Crippen LogP contribution in [0.25, 0.3) is 0 Å². The first-order valence-corrected chi connectivity index (χ1v) is 9.69. The van der Waals surface area contributed by atoms with Crippen LogP contribution in [0.4, 0.5) is 5.69 Å². The van der Waals surface area contributed by atoms with Crippen molar-refractivity contribution >= 4 is 17.5 Å². The number of rotatable bonds is 2. The van der Waals surface area contributed by atoms with E-state index >= 15 is 0 Å². The Kier molecular flexibility index (Phi) is 5.26. The largest absolute Gasteiger partial charge is 0.368 e. The minimum Gasteiger partial charge on any atom is -0.368 e. The van der Waals surface area contributed by atoms with Crippen LogP contribution in [0.3, 0.4) is 0 Å². The summed E-state index contributed by atoms with van der Waals surface area (Å²) in [5.74, 6) is 0.218. The average Bonchev–Trinajstić information content (AvgIpc) is 3.09. The van der Waals surface area contributed by atoms with Gasteiger partial charge in [-0.1, -0.05) is 32.9 Å². The molecule has 0 N–H and O–H groups in total. The number of hydrogen-bond donors (Lipinski definition) is 0. The van der Waals surface area contributed by atoms with Crippen LogP contribution < -0.4 is 4.90 Å². The highest BCUT2D eigenvalue weighted by atomic mass is 16.2. The van der Waals surface area contributed by atoms with Gasteiger partial charge in [-0.15, -0.1) is 0 Å². The number of nitrogens with zero attached hydrogens (tertiary/aromatic N) is 3. The first-order valence-electron chi connectivity index (χ1n) is 9.69. The molecule has 0 aliphatic carbocycles. The SMILES string of the molecule is Cc1cccc(N2CCN(C(=O)C3CCCN3C(=O)C(C)(C)C)CC2)c1. The molecule has 2 saturated heterocycles. The van der Waals surface area contributed by atoms with Crippen molar-refractivity contribution in [1.82, 2.24) is 9.80 Å². The van der Waals surface area contributed by atoms with Gasteiger partial charge in [-0.2, -0.15) is 0 Å². The number of anilines is 1. The Labute approximate surface area is 156 Å². The van der Waals surface area contributed by atoms with Crippen LogP contribution >= 0.6 is 0 Å². The second-order valence-corrected chi connectivity index (χ2v) is 8.56. The molecule has 0 spiro atoms. The third kappa shape index (κ3) is 3.87. The highest BCUT2D eigenvalue weighted by molar-refractivity contribution is 5.90. The minimum absolute atomic E-state index is 0.0896. The summed E-state index contributed by atoms with van der Waals surface area (Å²) in [4.78, 5) is 31.8. The first-order chi connectivity index (χ1) is 12.3. The summed E-state index contributed by atoms with van der Waals surface area (Å²) in [7, 11) is 0. The molecule has 2 fully saturated rings. The van der Waals surface area contributed by atoms with Gasteiger partial charge < -0.3 is 14.7 Å². The Bertz CT molecular complexity index is 672. The number of hydrogen-bond acceptors (Lipinski definition) is 3. The van der Waals surface area contributed by atoms with E-state index in [9.17, 15) is 9.59 Å². The maximum absolute atomic E-state index is 13.1. The summed E-state index contributed by atoms with van der Waals surface area (Å²) >= 11 is 0. The lowest BCUT2D eigenvalue weighted by Gasteiger charge is -2.39. The average molecular weight is 357 g/mol. The molecular formula is C21H31N3O2. The Morgan fingerprint density at radius 1 is 1.04 bits per heavy atom. The smallest absolute Gasteiger partial charge is 0.245 e. The number of likely N-dealkylation sites (tertiary alicyclic amines) is 1. The fourth-order valence-corrected chi connectivity index (χ4v) is 3.92. The molecule has 3 rings (SSSR count). The molecule has 2 amide bonds. The van der Waals surface area contributed by atoms with Crippen molar-refractivity contribution in [2.24, 2.45) is 5.41 Å². The summed E-state index contributed by atoms with van der Waals surface area (Å²) in [6.07, 6.45) is 1.71. The van der Waals surface area contributed by atoms with E-state index in [1.54, 1.807) is 0 Å². The van der Waals surface area contributed by atoms with E-state index in [-0.39, 0.29) is 17.9 Å². The number of piperazine rings is 1. The Morgan fingerprint density at radius 2 is 1.73 bits per heavy atom. The summed E-state index contributed by atoms with van der Waals surface area (Å²) in [5, 5.41) is 0. The molecule has 0 saturated carbocycles. The number of amides is 2. The second kappa shape index (κ2) is 7.29. The predicted molar refractivity (Wildman–Crippen MR) is 104 cm³/mol. The van der Waals surface area contributed by atoms with Crippen molar-refractivity contribution in [1.29, 1.82) is 0 Å². The molecule has 0 aromatic heterocycles. The van der Waals surface area contributed by atoms with Crippen LogP contribution in [0.15, 0.2) is 24.3 Å². The topological polar surface area (TPSA) is 43.9 Å². The van der Waals surface area contributed by atoms with Crippen LogP contribution in [-0.4, -0.2) is 60.4 Å². The van der Waals surface area contributed by atoms with E-state index in [0.29, 0.717) is 6.54 Å². The zero-order valence-corrected chi connectivity index (χ0v) is 16.5. The van der Waals surface area contributed by atoms with E-state index in [2.05, 4.69) is 36.1 Å². The molecule has 26 heavy (non-hydrogen) atoms. The molecule has 1 aromatic rings. The third-order valence-electron chi connectivity index (χ3n) is 5.40. The van der Waals surface area contributed by atoms with E-state index in [0.717, 1.165) is 39.0 Å².